The number of methoxy groups -OCH3 is 1. The van der Waals surface area contributed by atoms with Gasteiger partial charge in [0, 0.05) is 18.2 Å². The molecule has 0 spiro atoms. The summed E-state index contributed by atoms with van der Waals surface area (Å²) in [6.45, 7) is 3.94. The molecule has 0 saturated carbocycles. The summed E-state index contributed by atoms with van der Waals surface area (Å²) in [6, 6.07) is 12.6. The van der Waals surface area contributed by atoms with Crippen LogP contribution >= 0.6 is 0 Å². The Balaban J connectivity index is 1.83. The summed E-state index contributed by atoms with van der Waals surface area (Å²) in [5, 5.41) is 14.7. The SMILES string of the molecule is COc1ccc(C(CNc2ccc(C(C)=O)cc2[N+](=O)[O-])N2CCCC2)cc1. The molecular weight excluding hydrogens is 358 g/mol. The van der Waals surface area contributed by atoms with Gasteiger partial charge in [0.25, 0.3) is 5.69 Å². The molecule has 1 unspecified atom stereocenters. The lowest BCUT2D eigenvalue weighted by Crippen LogP contribution is -2.31. The van der Waals surface area contributed by atoms with E-state index < -0.39 is 4.92 Å². The van der Waals surface area contributed by atoms with E-state index >= 15 is 0 Å². The molecule has 1 heterocycles. The molecule has 148 valence electrons. The van der Waals surface area contributed by atoms with Gasteiger partial charge in [0.2, 0.25) is 0 Å². The lowest BCUT2D eigenvalue weighted by atomic mass is 10.0. The van der Waals surface area contributed by atoms with E-state index in [-0.39, 0.29) is 17.5 Å². The number of nitrogens with one attached hydrogen (secondary N) is 1. The molecule has 0 amide bonds. The zero-order chi connectivity index (χ0) is 20.1. The number of rotatable bonds is 8. The largest absolute Gasteiger partial charge is 0.497 e. The second-order valence-electron chi connectivity index (χ2n) is 6.96. The van der Waals surface area contributed by atoms with Crippen LogP contribution in [-0.4, -0.2) is 42.4 Å². The van der Waals surface area contributed by atoms with Gasteiger partial charge in [0.1, 0.15) is 11.4 Å². The van der Waals surface area contributed by atoms with Gasteiger partial charge in [-0.3, -0.25) is 19.8 Å². The number of nitro groups is 1. The van der Waals surface area contributed by atoms with Crippen LogP contribution < -0.4 is 10.1 Å². The highest BCUT2D eigenvalue weighted by Crippen LogP contribution is 2.30. The van der Waals surface area contributed by atoms with Gasteiger partial charge in [-0.25, -0.2) is 0 Å². The first kappa shape index (κ1) is 19.8. The molecule has 1 saturated heterocycles. The predicted octanol–water partition coefficient (Wildman–Crippen LogP) is 4.06. The topological polar surface area (TPSA) is 84.7 Å². The number of likely N-dealkylation sites (tertiary alicyclic amines) is 1. The minimum atomic E-state index is -0.451. The number of hydrogen-bond acceptors (Lipinski definition) is 6. The second-order valence-corrected chi connectivity index (χ2v) is 6.96. The van der Waals surface area contributed by atoms with Crippen LogP contribution in [0.3, 0.4) is 0 Å². The van der Waals surface area contributed by atoms with Crippen LogP contribution in [0.5, 0.6) is 5.75 Å². The maximum absolute atomic E-state index is 11.5. The molecule has 1 aliphatic rings. The summed E-state index contributed by atoms with van der Waals surface area (Å²) in [5.41, 5.74) is 1.82. The highest BCUT2D eigenvalue weighted by Gasteiger charge is 2.25. The van der Waals surface area contributed by atoms with Crippen LogP contribution in [0.25, 0.3) is 0 Å². The Labute approximate surface area is 164 Å². The van der Waals surface area contributed by atoms with Crippen LogP contribution in [0.2, 0.25) is 0 Å². The molecule has 1 atom stereocenters. The molecule has 3 rings (SSSR count). The van der Waals surface area contributed by atoms with Crippen LogP contribution in [0.4, 0.5) is 11.4 Å². The van der Waals surface area contributed by atoms with Crippen molar-refractivity contribution in [3.8, 4) is 5.75 Å². The van der Waals surface area contributed by atoms with Crippen LogP contribution in [0, 0.1) is 10.1 Å². The molecule has 0 radical (unpaired) electrons. The molecule has 1 N–H and O–H groups in total. The van der Waals surface area contributed by atoms with Crippen molar-refractivity contribution in [2.45, 2.75) is 25.8 Å². The van der Waals surface area contributed by atoms with Gasteiger partial charge in [-0.05, 0) is 62.7 Å². The maximum Gasteiger partial charge on any atom is 0.293 e. The van der Waals surface area contributed by atoms with Crippen molar-refractivity contribution in [3.05, 3.63) is 63.7 Å². The molecule has 1 fully saturated rings. The number of anilines is 1. The Bertz CT molecular complexity index is 845. The van der Waals surface area contributed by atoms with E-state index in [4.69, 9.17) is 4.74 Å². The third-order valence-electron chi connectivity index (χ3n) is 5.17. The lowest BCUT2D eigenvalue weighted by molar-refractivity contribution is -0.384. The van der Waals surface area contributed by atoms with E-state index in [1.54, 1.807) is 19.2 Å². The third-order valence-corrected chi connectivity index (χ3v) is 5.17. The highest BCUT2D eigenvalue weighted by atomic mass is 16.6. The van der Waals surface area contributed by atoms with Crippen LogP contribution in [0.1, 0.15) is 41.7 Å². The highest BCUT2D eigenvalue weighted by molar-refractivity contribution is 5.95. The average Bonchev–Trinajstić information content (AvgIpc) is 3.23. The Morgan fingerprint density at radius 1 is 1.21 bits per heavy atom. The fourth-order valence-electron chi connectivity index (χ4n) is 3.59. The van der Waals surface area contributed by atoms with Crippen molar-refractivity contribution < 1.29 is 14.5 Å². The predicted molar refractivity (Wildman–Crippen MR) is 108 cm³/mol. The molecule has 7 nitrogen and oxygen atoms in total. The van der Waals surface area contributed by atoms with E-state index in [1.807, 2.05) is 24.3 Å². The first-order valence-corrected chi connectivity index (χ1v) is 9.41. The molecule has 0 aromatic heterocycles. The monoisotopic (exact) mass is 383 g/mol. The summed E-state index contributed by atoms with van der Waals surface area (Å²) in [4.78, 5) is 25.0. The first-order valence-electron chi connectivity index (χ1n) is 9.41. The number of carbonyl (C=O) groups excluding carboxylic acids is 1. The van der Waals surface area contributed by atoms with E-state index in [1.165, 1.54) is 13.0 Å². The zero-order valence-electron chi connectivity index (χ0n) is 16.2. The van der Waals surface area contributed by atoms with Gasteiger partial charge < -0.3 is 10.1 Å². The Kier molecular flexibility index (Phi) is 6.26. The number of carbonyl (C=O) groups is 1. The van der Waals surface area contributed by atoms with Gasteiger partial charge in [-0.1, -0.05) is 12.1 Å². The van der Waals surface area contributed by atoms with Gasteiger partial charge in [-0.2, -0.15) is 0 Å². The van der Waals surface area contributed by atoms with E-state index in [0.717, 1.165) is 37.2 Å². The zero-order valence-corrected chi connectivity index (χ0v) is 16.2. The number of ketones is 1. The fraction of sp³-hybridized carbons (Fsp3) is 0.381. The Morgan fingerprint density at radius 3 is 2.46 bits per heavy atom. The van der Waals surface area contributed by atoms with Crippen LogP contribution in [-0.2, 0) is 0 Å². The number of nitrogens with zero attached hydrogens (tertiary/aromatic N) is 2. The van der Waals surface area contributed by atoms with Crippen molar-refractivity contribution >= 4 is 17.2 Å². The average molecular weight is 383 g/mol. The fourth-order valence-corrected chi connectivity index (χ4v) is 3.59. The standard InChI is InChI=1S/C21H25N3O4/c1-15(25)17-7-10-19(20(13-17)24(26)27)22-14-21(23-11-3-4-12-23)16-5-8-18(28-2)9-6-16/h5-10,13,21-22H,3-4,11-12,14H2,1-2H3. The molecule has 2 aromatic carbocycles. The third kappa shape index (κ3) is 4.48. The number of ether oxygens (including phenoxy) is 1. The number of Topliss-reactive ketones (excluding diaryl/α,β-unsaturated/α-hetero) is 1. The van der Waals surface area contributed by atoms with Gasteiger partial charge in [-0.15, -0.1) is 0 Å². The lowest BCUT2D eigenvalue weighted by Gasteiger charge is -2.28. The molecule has 1 aliphatic heterocycles. The van der Waals surface area contributed by atoms with Crippen molar-refractivity contribution in [3.63, 3.8) is 0 Å². The minimum Gasteiger partial charge on any atom is -0.497 e. The van der Waals surface area contributed by atoms with E-state index in [9.17, 15) is 14.9 Å². The first-order chi connectivity index (χ1) is 13.5. The number of hydrogen-bond donors (Lipinski definition) is 1. The minimum absolute atomic E-state index is 0.0809. The van der Waals surface area contributed by atoms with Gasteiger partial charge in [0.05, 0.1) is 18.1 Å². The summed E-state index contributed by atoms with van der Waals surface area (Å²) in [7, 11) is 1.64. The number of nitro benzene ring substituents is 1. The quantitative estimate of drug-likeness (QED) is 0.420. The molecule has 7 heteroatoms. The second kappa shape index (κ2) is 8.84. The summed E-state index contributed by atoms with van der Waals surface area (Å²) < 4.78 is 5.24. The maximum atomic E-state index is 11.5. The molecule has 2 aromatic rings. The number of benzene rings is 2. The molecule has 28 heavy (non-hydrogen) atoms. The van der Waals surface area contributed by atoms with Crippen LogP contribution in [0.15, 0.2) is 42.5 Å². The molecule has 0 bridgehead atoms. The van der Waals surface area contributed by atoms with Gasteiger partial charge in [0.15, 0.2) is 5.78 Å². The van der Waals surface area contributed by atoms with Crippen molar-refractivity contribution in [1.29, 1.82) is 0 Å². The Hall–Kier alpha value is -2.93. The normalized spacial score (nSPS) is 15.2. The van der Waals surface area contributed by atoms with E-state index in [2.05, 4.69) is 10.2 Å². The van der Waals surface area contributed by atoms with E-state index in [0.29, 0.717) is 17.8 Å². The Morgan fingerprint density at radius 2 is 1.89 bits per heavy atom. The summed E-state index contributed by atoms with van der Waals surface area (Å²) in [5.74, 6) is 0.607. The van der Waals surface area contributed by atoms with Crippen molar-refractivity contribution in [2.75, 3.05) is 32.1 Å². The molecule has 0 aliphatic carbocycles. The summed E-state index contributed by atoms with van der Waals surface area (Å²) in [6.07, 6.45) is 2.31. The smallest absolute Gasteiger partial charge is 0.293 e. The van der Waals surface area contributed by atoms with Crippen molar-refractivity contribution in [1.82, 2.24) is 4.90 Å². The van der Waals surface area contributed by atoms with Gasteiger partial charge >= 0.3 is 0 Å². The summed E-state index contributed by atoms with van der Waals surface area (Å²) >= 11 is 0. The van der Waals surface area contributed by atoms with Crippen molar-refractivity contribution in [2.24, 2.45) is 0 Å². The molecular formula is C21H25N3O4.